The molecule has 0 unspecified atom stereocenters. The van der Waals surface area contributed by atoms with E-state index in [1.807, 2.05) is 31.9 Å². The van der Waals surface area contributed by atoms with Crippen molar-refractivity contribution in [3.63, 3.8) is 0 Å². The molecule has 0 saturated heterocycles. The zero-order chi connectivity index (χ0) is 15.9. The molecule has 2 rings (SSSR count). The molecule has 5 nitrogen and oxygen atoms in total. The molecule has 1 heterocycles. The standard InChI is InChI=1S/C17H25N5/c1-5-14-6-8-15(9-7-14)13-21(3)17(18-2)19-12-16-10-11-20-22(16)4/h6-11H,5,12-13H2,1-4H3,(H,18,19). The van der Waals surface area contributed by atoms with Gasteiger partial charge in [-0.3, -0.25) is 9.67 Å². The van der Waals surface area contributed by atoms with E-state index in [0.29, 0.717) is 6.54 Å². The molecule has 0 amide bonds. The molecule has 0 radical (unpaired) electrons. The summed E-state index contributed by atoms with van der Waals surface area (Å²) in [4.78, 5) is 6.47. The van der Waals surface area contributed by atoms with Gasteiger partial charge >= 0.3 is 0 Å². The van der Waals surface area contributed by atoms with Crippen LogP contribution in [0.2, 0.25) is 0 Å². The first-order valence-corrected chi connectivity index (χ1v) is 7.60. The molecule has 2 aromatic rings. The zero-order valence-corrected chi connectivity index (χ0v) is 13.9. The summed E-state index contributed by atoms with van der Waals surface area (Å²) in [6.07, 6.45) is 2.88. The molecule has 0 aliphatic carbocycles. The smallest absolute Gasteiger partial charge is 0.194 e. The van der Waals surface area contributed by atoms with E-state index in [1.165, 1.54) is 11.1 Å². The molecule has 0 aliphatic rings. The average molecular weight is 299 g/mol. The third kappa shape index (κ3) is 4.10. The Morgan fingerprint density at radius 3 is 2.45 bits per heavy atom. The van der Waals surface area contributed by atoms with Crippen LogP contribution in [-0.2, 0) is 26.6 Å². The third-order valence-electron chi connectivity index (χ3n) is 3.77. The number of hydrogen-bond acceptors (Lipinski definition) is 2. The number of benzene rings is 1. The number of nitrogens with one attached hydrogen (secondary N) is 1. The van der Waals surface area contributed by atoms with Gasteiger partial charge in [0, 0.05) is 33.9 Å². The average Bonchev–Trinajstić information content (AvgIpc) is 2.94. The fourth-order valence-electron chi connectivity index (χ4n) is 2.36. The van der Waals surface area contributed by atoms with Crippen LogP contribution in [0.1, 0.15) is 23.7 Å². The SMILES string of the molecule is CCc1ccc(CN(C)C(=NC)NCc2ccnn2C)cc1. The van der Waals surface area contributed by atoms with E-state index >= 15 is 0 Å². The normalized spacial score (nSPS) is 11.5. The molecule has 0 saturated carbocycles. The molecular formula is C17H25N5. The van der Waals surface area contributed by atoms with Gasteiger partial charge in [0.15, 0.2) is 5.96 Å². The van der Waals surface area contributed by atoms with Crippen LogP contribution in [0.3, 0.4) is 0 Å². The van der Waals surface area contributed by atoms with Crippen molar-refractivity contribution in [1.82, 2.24) is 20.0 Å². The minimum absolute atomic E-state index is 0.711. The van der Waals surface area contributed by atoms with Crippen LogP contribution in [0.15, 0.2) is 41.5 Å². The monoisotopic (exact) mass is 299 g/mol. The zero-order valence-electron chi connectivity index (χ0n) is 13.9. The Hall–Kier alpha value is -2.30. The molecule has 22 heavy (non-hydrogen) atoms. The summed E-state index contributed by atoms with van der Waals surface area (Å²) in [5.74, 6) is 0.876. The molecule has 1 aromatic heterocycles. The van der Waals surface area contributed by atoms with Crippen LogP contribution in [-0.4, -0.2) is 34.7 Å². The molecule has 0 fully saturated rings. The summed E-state index contributed by atoms with van der Waals surface area (Å²) >= 11 is 0. The molecule has 0 atom stereocenters. The van der Waals surface area contributed by atoms with E-state index in [4.69, 9.17) is 0 Å². The number of aromatic nitrogens is 2. The molecule has 0 aliphatic heterocycles. The highest BCUT2D eigenvalue weighted by Crippen LogP contribution is 2.07. The minimum Gasteiger partial charge on any atom is -0.351 e. The molecule has 118 valence electrons. The van der Waals surface area contributed by atoms with Gasteiger partial charge in [-0.1, -0.05) is 31.2 Å². The van der Waals surface area contributed by atoms with Gasteiger partial charge in [0.1, 0.15) is 0 Å². The van der Waals surface area contributed by atoms with Gasteiger partial charge in [0.2, 0.25) is 0 Å². The maximum absolute atomic E-state index is 4.35. The van der Waals surface area contributed by atoms with E-state index < -0.39 is 0 Å². The first kappa shape index (κ1) is 16.1. The highest BCUT2D eigenvalue weighted by atomic mass is 15.3. The van der Waals surface area contributed by atoms with Gasteiger partial charge in [-0.05, 0) is 23.6 Å². The Morgan fingerprint density at radius 2 is 1.91 bits per heavy atom. The largest absolute Gasteiger partial charge is 0.351 e. The van der Waals surface area contributed by atoms with E-state index in [9.17, 15) is 0 Å². The summed E-state index contributed by atoms with van der Waals surface area (Å²) in [5.41, 5.74) is 3.77. The first-order valence-electron chi connectivity index (χ1n) is 7.60. The highest BCUT2D eigenvalue weighted by Gasteiger charge is 2.07. The molecule has 1 N–H and O–H groups in total. The Balaban J connectivity index is 1.93. The molecular weight excluding hydrogens is 274 g/mol. The highest BCUT2D eigenvalue weighted by molar-refractivity contribution is 5.79. The van der Waals surface area contributed by atoms with Crippen molar-refractivity contribution in [2.45, 2.75) is 26.4 Å². The van der Waals surface area contributed by atoms with Crippen molar-refractivity contribution in [2.24, 2.45) is 12.0 Å². The van der Waals surface area contributed by atoms with Crippen LogP contribution in [0.4, 0.5) is 0 Å². The van der Waals surface area contributed by atoms with E-state index in [1.54, 1.807) is 6.20 Å². The number of aliphatic imine (C=N–C) groups is 1. The molecule has 0 bridgehead atoms. The van der Waals surface area contributed by atoms with Crippen LogP contribution < -0.4 is 5.32 Å². The van der Waals surface area contributed by atoms with Crippen LogP contribution in [0.5, 0.6) is 0 Å². The first-order chi connectivity index (χ1) is 10.6. The maximum atomic E-state index is 4.35. The fourth-order valence-corrected chi connectivity index (χ4v) is 2.36. The van der Waals surface area contributed by atoms with Crippen molar-refractivity contribution in [3.05, 3.63) is 53.3 Å². The van der Waals surface area contributed by atoms with Crippen LogP contribution >= 0.6 is 0 Å². The number of nitrogens with zero attached hydrogens (tertiary/aromatic N) is 4. The fraction of sp³-hybridized carbons (Fsp3) is 0.412. The topological polar surface area (TPSA) is 45.4 Å². The predicted octanol–water partition coefficient (Wildman–Crippen LogP) is 2.19. The van der Waals surface area contributed by atoms with Gasteiger partial charge in [-0.25, -0.2) is 0 Å². The second kappa shape index (κ2) is 7.64. The summed E-state index contributed by atoms with van der Waals surface area (Å²) < 4.78 is 1.86. The summed E-state index contributed by atoms with van der Waals surface area (Å²) in [6.45, 7) is 3.71. The number of guanidine groups is 1. The van der Waals surface area contributed by atoms with E-state index in [-0.39, 0.29) is 0 Å². The summed E-state index contributed by atoms with van der Waals surface area (Å²) in [6, 6.07) is 10.8. The predicted molar refractivity (Wildman–Crippen MR) is 90.7 cm³/mol. The van der Waals surface area contributed by atoms with Crippen molar-refractivity contribution < 1.29 is 0 Å². The Kier molecular flexibility index (Phi) is 5.58. The van der Waals surface area contributed by atoms with Crippen LogP contribution in [0.25, 0.3) is 0 Å². The van der Waals surface area contributed by atoms with Gasteiger partial charge < -0.3 is 10.2 Å². The molecule has 0 spiro atoms. The van der Waals surface area contributed by atoms with Gasteiger partial charge in [0.05, 0.1) is 12.2 Å². The summed E-state index contributed by atoms with van der Waals surface area (Å²) in [5, 5.41) is 7.54. The number of aryl methyl sites for hydroxylation is 2. The lowest BCUT2D eigenvalue weighted by molar-refractivity contribution is 0.474. The minimum atomic E-state index is 0.711. The van der Waals surface area contributed by atoms with Crippen molar-refractivity contribution >= 4 is 5.96 Å². The second-order valence-electron chi connectivity index (χ2n) is 5.37. The quantitative estimate of drug-likeness (QED) is 0.680. The van der Waals surface area contributed by atoms with Crippen molar-refractivity contribution in [1.29, 1.82) is 0 Å². The van der Waals surface area contributed by atoms with Crippen molar-refractivity contribution in [3.8, 4) is 0 Å². The number of hydrogen-bond donors (Lipinski definition) is 1. The van der Waals surface area contributed by atoms with E-state index in [2.05, 4.69) is 51.5 Å². The molecule has 5 heteroatoms. The lowest BCUT2D eigenvalue weighted by Gasteiger charge is -2.22. The Labute approximate surface area is 132 Å². The lowest BCUT2D eigenvalue weighted by Crippen LogP contribution is -2.38. The van der Waals surface area contributed by atoms with Gasteiger partial charge in [-0.2, -0.15) is 5.10 Å². The van der Waals surface area contributed by atoms with Gasteiger partial charge in [-0.15, -0.1) is 0 Å². The Morgan fingerprint density at radius 1 is 1.23 bits per heavy atom. The maximum Gasteiger partial charge on any atom is 0.194 e. The lowest BCUT2D eigenvalue weighted by atomic mass is 10.1. The van der Waals surface area contributed by atoms with Crippen LogP contribution in [0, 0.1) is 0 Å². The summed E-state index contributed by atoms with van der Waals surface area (Å²) in [7, 11) is 5.80. The Bertz CT molecular complexity index is 612. The van der Waals surface area contributed by atoms with Gasteiger partial charge in [0.25, 0.3) is 0 Å². The van der Waals surface area contributed by atoms with Crippen molar-refractivity contribution in [2.75, 3.05) is 14.1 Å². The third-order valence-corrected chi connectivity index (χ3v) is 3.77. The second-order valence-corrected chi connectivity index (χ2v) is 5.37. The molecule has 1 aromatic carbocycles. The number of rotatable bonds is 5. The van der Waals surface area contributed by atoms with E-state index in [0.717, 1.165) is 24.6 Å².